The largest absolute Gasteiger partial charge is 0.330 e. The van der Waals surface area contributed by atoms with Crippen LogP contribution >= 0.6 is 11.3 Å². The smallest absolute Gasteiger partial charge is 0.226 e. The average molecular weight is 242 g/mol. The topological polar surface area (TPSA) is 80.9 Å². The third-order valence-electron chi connectivity index (χ3n) is 2.04. The van der Waals surface area contributed by atoms with Gasteiger partial charge >= 0.3 is 0 Å². The van der Waals surface area contributed by atoms with Gasteiger partial charge in [0.05, 0.1) is 0 Å². The van der Waals surface area contributed by atoms with E-state index in [9.17, 15) is 4.79 Å². The Morgan fingerprint density at radius 3 is 2.94 bits per heavy atom. The lowest BCUT2D eigenvalue weighted by atomic mass is 10.2. The van der Waals surface area contributed by atoms with Crippen molar-refractivity contribution in [2.75, 3.05) is 11.9 Å². The van der Waals surface area contributed by atoms with E-state index in [-0.39, 0.29) is 5.91 Å². The monoisotopic (exact) mass is 242 g/mol. The van der Waals surface area contributed by atoms with E-state index in [2.05, 4.69) is 15.5 Å². The van der Waals surface area contributed by atoms with E-state index in [1.807, 2.05) is 6.92 Å². The maximum atomic E-state index is 11.3. The normalized spacial score (nSPS) is 10.4. The van der Waals surface area contributed by atoms with Crippen LogP contribution in [-0.4, -0.2) is 22.6 Å². The van der Waals surface area contributed by atoms with Crippen molar-refractivity contribution in [1.29, 1.82) is 0 Å². The fourth-order valence-electron chi connectivity index (χ4n) is 1.23. The lowest BCUT2D eigenvalue weighted by Gasteiger charge is -1.97. The highest BCUT2D eigenvalue weighted by atomic mass is 32.1. The first-order chi connectivity index (χ1) is 7.76. The van der Waals surface area contributed by atoms with Crippen molar-refractivity contribution in [1.82, 2.24) is 10.2 Å². The van der Waals surface area contributed by atoms with Crippen molar-refractivity contribution in [2.24, 2.45) is 5.73 Å². The van der Waals surface area contributed by atoms with Gasteiger partial charge in [-0.15, -0.1) is 10.2 Å². The van der Waals surface area contributed by atoms with Crippen molar-refractivity contribution in [3.8, 4) is 0 Å². The Morgan fingerprint density at radius 1 is 1.44 bits per heavy atom. The fraction of sp³-hybridized carbons (Fsp3) is 0.700. The average Bonchev–Trinajstić information content (AvgIpc) is 2.66. The summed E-state index contributed by atoms with van der Waals surface area (Å²) in [6.07, 6.45) is 4.28. The molecule has 0 saturated carbocycles. The molecule has 0 bridgehead atoms. The molecule has 0 aliphatic rings. The number of nitrogens with one attached hydrogen (secondary N) is 1. The van der Waals surface area contributed by atoms with Crippen LogP contribution in [0.1, 0.15) is 37.6 Å². The van der Waals surface area contributed by atoms with Crippen LogP contribution in [0.25, 0.3) is 0 Å². The molecule has 0 radical (unpaired) electrons. The van der Waals surface area contributed by atoms with Crippen LogP contribution in [0.3, 0.4) is 0 Å². The van der Waals surface area contributed by atoms with Gasteiger partial charge in [0.25, 0.3) is 0 Å². The van der Waals surface area contributed by atoms with Crippen LogP contribution in [0.5, 0.6) is 0 Å². The standard InChI is InChI=1S/C10H18N4OS/c1-2-5-8(15)12-10-14-13-9(16-10)6-3-4-7-11/h2-7,11H2,1H3,(H,12,14,15). The van der Waals surface area contributed by atoms with Gasteiger partial charge in [0.15, 0.2) is 0 Å². The molecule has 0 fully saturated rings. The van der Waals surface area contributed by atoms with Crippen LogP contribution in [-0.2, 0) is 11.2 Å². The lowest BCUT2D eigenvalue weighted by Crippen LogP contribution is -2.10. The van der Waals surface area contributed by atoms with Gasteiger partial charge in [0.1, 0.15) is 5.01 Å². The molecule has 0 unspecified atom stereocenters. The number of aromatic nitrogens is 2. The number of nitrogens with two attached hydrogens (primary N) is 1. The highest BCUT2D eigenvalue weighted by molar-refractivity contribution is 7.15. The second-order valence-corrected chi connectivity index (χ2v) is 4.61. The summed E-state index contributed by atoms with van der Waals surface area (Å²) in [5, 5.41) is 12.2. The molecule has 16 heavy (non-hydrogen) atoms. The summed E-state index contributed by atoms with van der Waals surface area (Å²) in [7, 11) is 0. The minimum Gasteiger partial charge on any atom is -0.330 e. The zero-order valence-electron chi connectivity index (χ0n) is 9.53. The SMILES string of the molecule is CCCC(=O)Nc1nnc(CCCCN)s1. The van der Waals surface area contributed by atoms with E-state index in [1.54, 1.807) is 0 Å². The molecule has 5 nitrogen and oxygen atoms in total. The number of amides is 1. The van der Waals surface area contributed by atoms with Gasteiger partial charge in [-0.1, -0.05) is 18.3 Å². The van der Waals surface area contributed by atoms with Gasteiger partial charge in [-0.05, 0) is 25.8 Å². The summed E-state index contributed by atoms with van der Waals surface area (Å²) in [5.41, 5.74) is 5.41. The molecule has 6 heteroatoms. The van der Waals surface area contributed by atoms with Crippen LogP contribution in [0.4, 0.5) is 5.13 Å². The number of aryl methyl sites for hydroxylation is 1. The summed E-state index contributed by atoms with van der Waals surface area (Å²) in [6, 6.07) is 0. The van der Waals surface area contributed by atoms with Crippen LogP contribution < -0.4 is 11.1 Å². The highest BCUT2D eigenvalue weighted by Gasteiger charge is 2.06. The maximum absolute atomic E-state index is 11.3. The summed E-state index contributed by atoms with van der Waals surface area (Å²) >= 11 is 1.44. The number of anilines is 1. The van der Waals surface area contributed by atoms with E-state index in [1.165, 1.54) is 11.3 Å². The molecule has 1 aromatic rings. The molecule has 0 saturated heterocycles. The molecule has 0 spiro atoms. The van der Waals surface area contributed by atoms with Crippen molar-refractivity contribution in [2.45, 2.75) is 39.0 Å². The molecular weight excluding hydrogens is 224 g/mol. The predicted molar refractivity (Wildman–Crippen MR) is 65.4 cm³/mol. The number of nitrogens with zero attached hydrogens (tertiary/aromatic N) is 2. The Hall–Kier alpha value is -1.01. The Kier molecular flexibility index (Phi) is 5.95. The van der Waals surface area contributed by atoms with Crippen molar-refractivity contribution in [3.63, 3.8) is 0 Å². The van der Waals surface area contributed by atoms with Gasteiger partial charge in [-0.2, -0.15) is 0 Å². The second kappa shape index (κ2) is 7.29. The Labute approximate surface area is 99.5 Å². The molecule has 0 aliphatic carbocycles. The molecule has 0 aliphatic heterocycles. The van der Waals surface area contributed by atoms with Gasteiger partial charge in [-0.25, -0.2) is 0 Å². The number of carbonyl (C=O) groups excluding carboxylic acids is 1. The summed E-state index contributed by atoms with van der Waals surface area (Å²) in [6.45, 7) is 2.68. The molecule has 90 valence electrons. The lowest BCUT2D eigenvalue weighted by molar-refractivity contribution is -0.116. The second-order valence-electron chi connectivity index (χ2n) is 3.54. The Morgan fingerprint density at radius 2 is 2.25 bits per heavy atom. The minimum absolute atomic E-state index is 0.00663. The minimum atomic E-state index is 0.00663. The first-order valence-electron chi connectivity index (χ1n) is 5.58. The van der Waals surface area contributed by atoms with Crippen LogP contribution in [0, 0.1) is 0 Å². The summed E-state index contributed by atoms with van der Waals surface area (Å²) in [4.78, 5) is 11.3. The molecule has 1 heterocycles. The number of hydrogen-bond acceptors (Lipinski definition) is 5. The van der Waals surface area contributed by atoms with Gasteiger partial charge in [0.2, 0.25) is 11.0 Å². The molecule has 1 rings (SSSR count). The van der Waals surface area contributed by atoms with E-state index in [4.69, 9.17) is 5.73 Å². The molecule has 1 aromatic heterocycles. The first kappa shape index (κ1) is 13.1. The van der Waals surface area contributed by atoms with Gasteiger partial charge in [-0.3, -0.25) is 4.79 Å². The summed E-state index contributed by atoms with van der Waals surface area (Å²) in [5.74, 6) is 0.00663. The molecule has 3 N–H and O–H groups in total. The van der Waals surface area contributed by atoms with Gasteiger partial charge in [0, 0.05) is 12.8 Å². The number of hydrogen-bond donors (Lipinski definition) is 2. The maximum Gasteiger partial charge on any atom is 0.226 e. The Balaban J connectivity index is 2.36. The van der Waals surface area contributed by atoms with Crippen molar-refractivity contribution >= 4 is 22.4 Å². The van der Waals surface area contributed by atoms with E-state index in [0.717, 1.165) is 30.7 Å². The van der Waals surface area contributed by atoms with E-state index < -0.39 is 0 Å². The molecule has 0 atom stereocenters. The molecular formula is C10H18N4OS. The van der Waals surface area contributed by atoms with Crippen LogP contribution in [0.2, 0.25) is 0 Å². The number of rotatable bonds is 7. The van der Waals surface area contributed by atoms with Crippen LogP contribution in [0.15, 0.2) is 0 Å². The number of unbranched alkanes of at least 4 members (excludes halogenated alkanes) is 1. The predicted octanol–water partition coefficient (Wildman–Crippen LogP) is 1.56. The highest BCUT2D eigenvalue weighted by Crippen LogP contribution is 2.17. The zero-order valence-corrected chi connectivity index (χ0v) is 10.3. The number of carbonyl (C=O) groups is 1. The van der Waals surface area contributed by atoms with E-state index in [0.29, 0.717) is 18.1 Å². The Bertz CT molecular complexity index is 326. The fourth-order valence-corrected chi connectivity index (χ4v) is 2.03. The summed E-state index contributed by atoms with van der Waals surface area (Å²) < 4.78 is 0. The molecule has 0 aromatic carbocycles. The van der Waals surface area contributed by atoms with E-state index >= 15 is 0 Å². The third kappa shape index (κ3) is 4.67. The van der Waals surface area contributed by atoms with Crippen molar-refractivity contribution in [3.05, 3.63) is 5.01 Å². The first-order valence-corrected chi connectivity index (χ1v) is 6.40. The van der Waals surface area contributed by atoms with Gasteiger partial charge < -0.3 is 11.1 Å². The zero-order chi connectivity index (χ0) is 11.8. The molecule has 1 amide bonds. The third-order valence-corrected chi connectivity index (χ3v) is 2.93. The van der Waals surface area contributed by atoms with Crippen molar-refractivity contribution < 1.29 is 4.79 Å². The quantitative estimate of drug-likeness (QED) is 0.711.